The van der Waals surface area contributed by atoms with Gasteiger partial charge in [-0.3, -0.25) is 9.59 Å². The van der Waals surface area contributed by atoms with Crippen LogP contribution in [0.25, 0.3) is 22.0 Å². The molecule has 0 spiro atoms. The van der Waals surface area contributed by atoms with Crippen LogP contribution in [0.3, 0.4) is 0 Å². The minimum Gasteiger partial charge on any atom is -0.459 e. The highest BCUT2D eigenvalue weighted by Gasteiger charge is 2.21. The van der Waals surface area contributed by atoms with Crippen LogP contribution < -0.4 is 5.56 Å². The molecule has 126 valence electrons. The summed E-state index contributed by atoms with van der Waals surface area (Å²) in [5.41, 5.74) is 1.79. The van der Waals surface area contributed by atoms with Gasteiger partial charge in [0.15, 0.2) is 5.58 Å². The van der Waals surface area contributed by atoms with Crippen LogP contribution in [-0.4, -0.2) is 38.2 Å². The summed E-state index contributed by atoms with van der Waals surface area (Å²) >= 11 is 0. The number of rotatable bonds is 2. The van der Waals surface area contributed by atoms with E-state index in [1.165, 1.54) is 4.68 Å². The maximum absolute atomic E-state index is 12.8. The fourth-order valence-corrected chi connectivity index (χ4v) is 3.52. The highest BCUT2D eigenvalue weighted by molar-refractivity contribution is 6.04. The second-order valence-electron chi connectivity index (χ2n) is 6.44. The van der Waals surface area contributed by atoms with Crippen molar-refractivity contribution in [2.24, 2.45) is 7.05 Å². The van der Waals surface area contributed by atoms with E-state index in [-0.39, 0.29) is 18.0 Å². The van der Waals surface area contributed by atoms with Crippen molar-refractivity contribution in [3.63, 3.8) is 0 Å². The smallest absolute Gasteiger partial charge is 0.291 e. The van der Waals surface area contributed by atoms with Gasteiger partial charge in [-0.05, 0) is 26.2 Å². The lowest BCUT2D eigenvalue weighted by Gasteiger charge is -2.26. The SMILES string of the molecule is Cc1cc2c(o1)c1cnn(CC(=O)N3CCCCC3)c(=O)c1n2C. The highest BCUT2D eigenvalue weighted by Crippen LogP contribution is 2.28. The van der Waals surface area contributed by atoms with Crippen molar-refractivity contribution in [1.29, 1.82) is 0 Å². The largest absolute Gasteiger partial charge is 0.459 e. The van der Waals surface area contributed by atoms with Crippen molar-refractivity contribution in [2.45, 2.75) is 32.7 Å². The van der Waals surface area contributed by atoms with Crippen molar-refractivity contribution in [3.05, 3.63) is 28.4 Å². The third kappa shape index (κ3) is 2.23. The standard InChI is InChI=1S/C17H20N4O3/c1-11-8-13-16(24-11)12-9-18-21(17(23)15(12)19(13)2)10-14(22)20-6-4-3-5-7-20/h8-9H,3-7,10H2,1-2H3. The van der Waals surface area contributed by atoms with Crippen LogP contribution in [0.2, 0.25) is 0 Å². The molecule has 7 heteroatoms. The predicted molar refractivity (Wildman–Crippen MR) is 89.9 cm³/mol. The Morgan fingerprint density at radius 3 is 2.79 bits per heavy atom. The van der Waals surface area contributed by atoms with E-state index in [0.29, 0.717) is 16.5 Å². The fraction of sp³-hybridized carbons (Fsp3) is 0.471. The zero-order valence-corrected chi connectivity index (χ0v) is 13.9. The summed E-state index contributed by atoms with van der Waals surface area (Å²) in [5, 5.41) is 4.88. The molecule has 1 amide bonds. The molecule has 0 aliphatic carbocycles. The third-order valence-corrected chi connectivity index (χ3v) is 4.79. The van der Waals surface area contributed by atoms with Gasteiger partial charge in [-0.25, -0.2) is 4.68 Å². The molecule has 0 bridgehead atoms. The van der Waals surface area contributed by atoms with Crippen LogP contribution in [0.1, 0.15) is 25.0 Å². The zero-order chi connectivity index (χ0) is 16.8. The second kappa shape index (κ2) is 5.51. The number of piperidine rings is 1. The Kier molecular flexibility index (Phi) is 3.44. The molecular weight excluding hydrogens is 308 g/mol. The van der Waals surface area contributed by atoms with Gasteiger partial charge < -0.3 is 13.9 Å². The summed E-state index contributed by atoms with van der Waals surface area (Å²) in [7, 11) is 1.83. The maximum atomic E-state index is 12.8. The number of carbonyl (C=O) groups excluding carboxylic acids is 1. The maximum Gasteiger partial charge on any atom is 0.291 e. The molecule has 0 atom stereocenters. The quantitative estimate of drug-likeness (QED) is 0.719. The molecule has 1 saturated heterocycles. The lowest BCUT2D eigenvalue weighted by molar-refractivity contribution is -0.133. The zero-order valence-electron chi connectivity index (χ0n) is 13.9. The van der Waals surface area contributed by atoms with E-state index in [1.54, 1.807) is 6.20 Å². The molecular formula is C17H20N4O3. The van der Waals surface area contributed by atoms with Gasteiger partial charge in [-0.2, -0.15) is 5.10 Å². The fourth-order valence-electron chi connectivity index (χ4n) is 3.52. The number of aromatic nitrogens is 3. The number of hydrogen-bond acceptors (Lipinski definition) is 4. The lowest BCUT2D eigenvalue weighted by Crippen LogP contribution is -2.40. The molecule has 3 aromatic rings. The van der Waals surface area contributed by atoms with E-state index < -0.39 is 0 Å². The second-order valence-corrected chi connectivity index (χ2v) is 6.44. The summed E-state index contributed by atoms with van der Waals surface area (Å²) < 4.78 is 8.76. The molecule has 0 radical (unpaired) electrons. The Balaban J connectivity index is 1.74. The van der Waals surface area contributed by atoms with Gasteiger partial charge in [0.1, 0.15) is 17.8 Å². The third-order valence-electron chi connectivity index (χ3n) is 4.79. The number of nitrogens with zero attached hydrogens (tertiary/aromatic N) is 4. The molecule has 0 N–H and O–H groups in total. The molecule has 4 heterocycles. The first-order valence-electron chi connectivity index (χ1n) is 8.28. The number of carbonyl (C=O) groups is 1. The van der Waals surface area contributed by atoms with Gasteiger partial charge in [0, 0.05) is 26.2 Å². The topological polar surface area (TPSA) is 73.3 Å². The molecule has 0 unspecified atom stereocenters. The molecule has 1 fully saturated rings. The minimum atomic E-state index is -0.260. The summed E-state index contributed by atoms with van der Waals surface area (Å²) in [6.45, 7) is 3.40. The van der Waals surface area contributed by atoms with Crippen LogP contribution in [-0.2, 0) is 18.4 Å². The molecule has 0 saturated carbocycles. The van der Waals surface area contributed by atoms with E-state index in [4.69, 9.17) is 4.42 Å². The monoisotopic (exact) mass is 328 g/mol. The Hall–Kier alpha value is -2.57. The molecule has 3 aromatic heterocycles. The molecule has 1 aliphatic heterocycles. The Bertz CT molecular complexity index is 989. The van der Waals surface area contributed by atoms with Crippen LogP contribution in [0, 0.1) is 6.92 Å². The van der Waals surface area contributed by atoms with E-state index in [1.807, 2.05) is 29.5 Å². The van der Waals surface area contributed by atoms with Crippen molar-refractivity contribution < 1.29 is 9.21 Å². The predicted octanol–water partition coefficient (Wildman–Crippen LogP) is 1.80. The molecule has 1 aliphatic rings. The Labute approximate surface area is 138 Å². The normalized spacial score (nSPS) is 15.5. The summed E-state index contributed by atoms with van der Waals surface area (Å²) in [6.07, 6.45) is 4.84. The molecule has 4 rings (SSSR count). The average Bonchev–Trinajstić information content (AvgIpc) is 3.08. The van der Waals surface area contributed by atoms with Crippen LogP contribution >= 0.6 is 0 Å². The van der Waals surface area contributed by atoms with Gasteiger partial charge in [-0.1, -0.05) is 0 Å². The highest BCUT2D eigenvalue weighted by atomic mass is 16.3. The number of hydrogen-bond donors (Lipinski definition) is 0. The number of fused-ring (bicyclic) bond motifs is 3. The van der Waals surface area contributed by atoms with Crippen LogP contribution in [0.15, 0.2) is 21.5 Å². The minimum absolute atomic E-state index is 0.0135. The molecule has 24 heavy (non-hydrogen) atoms. The van der Waals surface area contributed by atoms with Crippen molar-refractivity contribution >= 4 is 27.9 Å². The number of amides is 1. The number of furan rings is 1. The van der Waals surface area contributed by atoms with E-state index in [2.05, 4.69) is 5.10 Å². The number of aryl methyl sites for hydroxylation is 2. The Morgan fingerprint density at radius 2 is 2.04 bits per heavy atom. The first-order valence-corrected chi connectivity index (χ1v) is 8.28. The first kappa shape index (κ1) is 15.0. The van der Waals surface area contributed by atoms with Gasteiger partial charge in [0.05, 0.1) is 17.1 Å². The Morgan fingerprint density at radius 1 is 1.29 bits per heavy atom. The van der Waals surface area contributed by atoms with Crippen LogP contribution in [0.5, 0.6) is 0 Å². The van der Waals surface area contributed by atoms with Crippen molar-refractivity contribution in [1.82, 2.24) is 19.2 Å². The van der Waals surface area contributed by atoms with Crippen LogP contribution in [0.4, 0.5) is 0 Å². The van der Waals surface area contributed by atoms with Crippen molar-refractivity contribution in [2.75, 3.05) is 13.1 Å². The summed E-state index contributed by atoms with van der Waals surface area (Å²) in [4.78, 5) is 27.0. The number of likely N-dealkylation sites (tertiary alicyclic amines) is 1. The van der Waals surface area contributed by atoms with Gasteiger partial charge >= 0.3 is 0 Å². The van der Waals surface area contributed by atoms with Crippen molar-refractivity contribution in [3.8, 4) is 0 Å². The van der Waals surface area contributed by atoms with Gasteiger partial charge in [0.2, 0.25) is 5.91 Å². The van der Waals surface area contributed by atoms with Gasteiger partial charge in [-0.15, -0.1) is 0 Å². The molecule has 7 nitrogen and oxygen atoms in total. The van der Waals surface area contributed by atoms with Gasteiger partial charge in [0.25, 0.3) is 5.56 Å². The van der Waals surface area contributed by atoms with E-state index in [9.17, 15) is 9.59 Å². The lowest BCUT2D eigenvalue weighted by atomic mass is 10.1. The first-order chi connectivity index (χ1) is 11.6. The van der Waals surface area contributed by atoms with E-state index >= 15 is 0 Å². The summed E-state index contributed by atoms with van der Waals surface area (Å²) in [5.74, 6) is 0.749. The van der Waals surface area contributed by atoms with E-state index in [0.717, 1.165) is 43.6 Å². The summed E-state index contributed by atoms with van der Waals surface area (Å²) in [6, 6.07) is 1.90. The molecule has 0 aromatic carbocycles. The average molecular weight is 328 g/mol.